The lowest BCUT2D eigenvalue weighted by atomic mass is 9.55. The minimum atomic E-state index is -3.82. The Morgan fingerprint density at radius 3 is 2.37 bits per heavy atom. The van der Waals surface area contributed by atoms with E-state index in [1.54, 1.807) is 0 Å². The minimum absolute atomic E-state index is 0.00669. The number of carbonyl (C=O) groups excluding carboxylic acids is 1. The van der Waals surface area contributed by atoms with Gasteiger partial charge in [0, 0.05) is 17.3 Å². The highest BCUT2D eigenvalue weighted by Crippen LogP contribution is 2.53. The lowest BCUT2D eigenvalue weighted by Crippen LogP contribution is -2.57. The highest BCUT2D eigenvalue weighted by Gasteiger charge is 2.55. The third kappa shape index (κ3) is 3.50. The van der Waals surface area contributed by atoms with Gasteiger partial charge in [0.2, 0.25) is 0 Å². The molecule has 5 rings (SSSR count). The van der Waals surface area contributed by atoms with Crippen molar-refractivity contribution in [3.05, 3.63) is 58.6 Å². The second-order valence-corrected chi connectivity index (χ2v) is 10.6. The number of hydrogen-bond acceptors (Lipinski definition) is 4. The van der Waals surface area contributed by atoms with E-state index < -0.39 is 38.7 Å². The van der Waals surface area contributed by atoms with E-state index in [2.05, 4.69) is 5.32 Å². The summed E-state index contributed by atoms with van der Waals surface area (Å²) in [4.78, 5) is 12.4. The predicted molar refractivity (Wildman–Crippen MR) is 108 cm³/mol. The van der Waals surface area contributed by atoms with Crippen molar-refractivity contribution in [3.63, 3.8) is 0 Å². The number of carbonyl (C=O) groups is 1. The van der Waals surface area contributed by atoms with Crippen LogP contribution in [-0.2, 0) is 9.84 Å². The number of sulfone groups is 1. The summed E-state index contributed by atoms with van der Waals surface area (Å²) >= 11 is 6.16. The topological polar surface area (TPSA) is 83.5 Å². The molecule has 160 valence electrons. The van der Waals surface area contributed by atoms with Gasteiger partial charge >= 0.3 is 0 Å². The fourth-order valence-electron chi connectivity index (χ4n) is 4.60. The van der Waals surface area contributed by atoms with Gasteiger partial charge < -0.3 is 10.4 Å². The molecule has 2 atom stereocenters. The number of rotatable bonds is 4. The summed E-state index contributed by atoms with van der Waals surface area (Å²) in [6.45, 7) is 2.01. The number of nitrogens with one attached hydrogen (secondary N) is 1. The van der Waals surface area contributed by atoms with E-state index in [4.69, 9.17) is 11.6 Å². The van der Waals surface area contributed by atoms with Gasteiger partial charge in [-0.05, 0) is 60.9 Å². The highest BCUT2D eigenvalue weighted by molar-refractivity contribution is 7.92. The molecule has 2 unspecified atom stereocenters. The second kappa shape index (κ2) is 7.59. The van der Waals surface area contributed by atoms with Crippen LogP contribution in [-0.4, -0.2) is 30.8 Å². The fourth-order valence-corrected chi connectivity index (χ4v) is 6.98. The van der Waals surface area contributed by atoms with Crippen molar-refractivity contribution >= 4 is 33.0 Å². The summed E-state index contributed by atoms with van der Waals surface area (Å²) in [5, 5.41) is 11.8. The van der Waals surface area contributed by atoms with Crippen molar-refractivity contribution in [1.29, 1.82) is 0 Å². The molecule has 5 nitrogen and oxygen atoms in total. The van der Waals surface area contributed by atoms with Crippen molar-refractivity contribution in [1.82, 2.24) is 0 Å². The number of fused-ring (bicyclic) bond motifs is 2. The number of amides is 1. The molecule has 3 saturated carbocycles. The molecule has 0 aromatic heterocycles. The van der Waals surface area contributed by atoms with Crippen LogP contribution in [0.5, 0.6) is 0 Å². The Labute approximate surface area is 178 Å². The first-order chi connectivity index (χ1) is 14.1. The van der Waals surface area contributed by atoms with Crippen molar-refractivity contribution < 1.29 is 27.1 Å². The number of aliphatic hydroxyl groups excluding tert-OH is 1. The molecule has 3 aliphatic carbocycles. The SMILES string of the molecule is CC1C2CC(S(=O)(=O)c3cc(C(=O)Nc4ccc(F)c(F)c4)ccc3Cl)CC1C2O. The van der Waals surface area contributed by atoms with Crippen molar-refractivity contribution in [2.75, 3.05) is 5.32 Å². The molecule has 0 saturated heterocycles. The van der Waals surface area contributed by atoms with Crippen molar-refractivity contribution in [2.45, 2.75) is 36.0 Å². The van der Waals surface area contributed by atoms with Gasteiger partial charge in [0.05, 0.1) is 21.3 Å². The van der Waals surface area contributed by atoms with Crippen LogP contribution < -0.4 is 5.32 Å². The van der Waals surface area contributed by atoms with Gasteiger partial charge in [-0.1, -0.05) is 18.5 Å². The molecule has 0 heterocycles. The van der Waals surface area contributed by atoms with E-state index in [0.717, 1.165) is 12.1 Å². The van der Waals surface area contributed by atoms with Crippen LogP contribution in [0.25, 0.3) is 0 Å². The van der Waals surface area contributed by atoms with Gasteiger partial charge in [-0.3, -0.25) is 4.79 Å². The number of aliphatic hydroxyl groups is 1. The van der Waals surface area contributed by atoms with E-state index in [-0.39, 0.29) is 38.9 Å². The first-order valence-electron chi connectivity index (χ1n) is 9.57. The van der Waals surface area contributed by atoms with Gasteiger partial charge in [0.1, 0.15) is 0 Å². The third-order valence-corrected chi connectivity index (χ3v) is 9.07. The molecule has 0 spiro atoms. The van der Waals surface area contributed by atoms with Crippen LogP contribution in [0.4, 0.5) is 14.5 Å². The molecular weight excluding hydrogens is 436 g/mol. The largest absolute Gasteiger partial charge is 0.393 e. The maximum atomic E-state index is 13.4. The molecule has 0 radical (unpaired) electrons. The fraction of sp³-hybridized carbons (Fsp3) is 0.381. The Hall–Kier alpha value is -2.03. The van der Waals surface area contributed by atoms with E-state index in [9.17, 15) is 27.1 Å². The smallest absolute Gasteiger partial charge is 0.255 e. The van der Waals surface area contributed by atoms with Crippen LogP contribution in [0.1, 0.15) is 30.1 Å². The van der Waals surface area contributed by atoms with Crippen LogP contribution >= 0.6 is 11.6 Å². The normalized spacial score (nSPS) is 28.0. The van der Waals surface area contributed by atoms with Crippen LogP contribution in [0.3, 0.4) is 0 Å². The van der Waals surface area contributed by atoms with E-state index in [0.29, 0.717) is 12.8 Å². The monoisotopic (exact) mass is 455 g/mol. The van der Waals surface area contributed by atoms with Crippen molar-refractivity contribution in [3.8, 4) is 0 Å². The van der Waals surface area contributed by atoms with Gasteiger partial charge in [0.15, 0.2) is 21.5 Å². The van der Waals surface area contributed by atoms with Gasteiger partial charge in [-0.2, -0.15) is 0 Å². The zero-order chi connectivity index (χ0) is 21.8. The van der Waals surface area contributed by atoms with Gasteiger partial charge in [-0.15, -0.1) is 0 Å². The Kier molecular flexibility index (Phi) is 5.36. The summed E-state index contributed by atoms with van der Waals surface area (Å²) in [7, 11) is -3.82. The highest BCUT2D eigenvalue weighted by atomic mass is 35.5. The van der Waals surface area contributed by atoms with Crippen LogP contribution in [0.2, 0.25) is 5.02 Å². The molecule has 3 fully saturated rings. The Morgan fingerprint density at radius 1 is 1.10 bits per heavy atom. The number of benzene rings is 2. The first kappa shape index (κ1) is 21.2. The molecule has 30 heavy (non-hydrogen) atoms. The third-order valence-electron chi connectivity index (χ3n) is 6.41. The molecule has 3 aliphatic rings. The number of hydrogen-bond donors (Lipinski definition) is 2. The number of anilines is 1. The lowest BCUT2D eigenvalue weighted by Gasteiger charge is -2.54. The summed E-state index contributed by atoms with van der Waals surface area (Å²) < 4.78 is 52.8. The average Bonchev–Trinajstić information content (AvgIpc) is 2.71. The Balaban J connectivity index is 1.58. The van der Waals surface area contributed by atoms with Crippen LogP contribution in [0.15, 0.2) is 41.3 Å². The van der Waals surface area contributed by atoms with Crippen molar-refractivity contribution in [2.24, 2.45) is 17.8 Å². The minimum Gasteiger partial charge on any atom is -0.393 e. The summed E-state index contributed by atoms with van der Waals surface area (Å²) in [6, 6.07) is 6.81. The summed E-state index contributed by atoms with van der Waals surface area (Å²) in [6.07, 6.45) is 0.237. The zero-order valence-electron chi connectivity index (χ0n) is 16.0. The number of halogens is 3. The van der Waals surface area contributed by atoms with E-state index in [1.165, 1.54) is 24.3 Å². The van der Waals surface area contributed by atoms with E-state index in [1.807, 2.05) is 6.92 Å². The predicted octanol–water partition coefficient (Wildman–Crippen LogP) is 4.05. The molecule has 2 bridgehead atoms. The quantitative estimate of drug-likeness (QED) is 0.728. The lowest BCUT2D eigenvalue weighted by molar-refractivity contribution is -0.124. The molecule has 2 aromatic rings. The molecule has 1 amide bonds. The molecule has 0 aliphatic heterocycles. The van der Waals surface area contributed by atoms with Gasteiger partial charge in [0.25, 0.3) is 5.91 Å². The second-order valence-electron chi connectivity index (χ2n) is 8.04. The first-order valence-corrected chi connectivity index (χ1v) is 11.5. The molecular formula is C21H20ClF2NO4S. The average molecular weight is 456 g/mol. The molecule has 2 N–H and O–H groups in total. The summed E-state index contributed by atoms with van der Waals surface area (Å²) in [5.41, 5.74) is 0.0608. The maximum absolute atomic E-state index is 13.4. The zero-order valence-corrected chi connectivity index (χ0v) is 17.6. The summed E-state index contributed by atoms with van der Waals surface area (Å²) in [5.74, 6) is -2.65. The standard InChI is InChI=1S/C21H20ClF2NO4S/c1-10-14-8-13(9-15(10)20(14)26)30(28,29)19-6-11(2-4-16(19)22)21(27)25-12-3-5-17(23)18(24)7-12/h2-7,10,13-15,20,26H,8-9H2,1H3,(H,25,27). The Morgan fingerprint density at radius 2 is 1.77 bits per heavy atom. The van der Waals surface area contributed by atoms with Crippen LogP contribution in [0, 0.1) is 29.4 Å². The molecule has 9 heteroatoms. The Bertz CT molecular complexity index is 1100. The molecule has 2 aromatic carbocycles. The maximum Gasteiger partial charge on any atom is 0.255 e. The van der Waals surface area contributed by atoms with E-state index >= 15 is 0 Å². The van der Waals surface area contributed by atoms with Gasteiger partial charge in [-0.25, -0.2) is 17.2 Å².